The van der Waals surface area contributed by atoms with Crippen LogP contribution in [0.1, 0.15) is 100 Å². The predicted molar refractivity (Wildman–Crippen MR) is 246 cm³/mol. The lowest BCUT2D eigenvalue weighted by molar-refractivity contribution is 0.554. The Kier molecular flexibility index (Phi) is 8.14. The van der Waals surface area contributed by atoms with Crippen molar-refractivity contribution in [1.29, 1.82) is 0 Å². The molecule has 4 atom stereocenters. The smallest absolute Gasteiger partial charge is 0.0136 e. The molecule has 0 N–H and O–H groups in total. The third kappa shape index (κ3) is 5.79. The van der Waals surface area contributed by atoms with E-state index in [2.05, 4.69) is 170 Å². The molecule has 0 aromatic heterocycles. The zero-order valence-corrected chi connectivity index (χ0v) is 33.1. The fourth-order valence-electron chi connectivity index (χ4n) is 11.3. The Morgan fingerprint density at radius 1 is 0.552 bits per heavy atom. The normalized spacial score (nSPS) is 24.7. The number of allylic oxidation sites excluding steroid dienone is 21. The van der Waals surface area contributed by atoms with Crippen molar-refractivity contribution in [3.05, 3.63) is 230 Å². The number of rotatable bonds is 4. The molecular formula is C58H48. The molecule has 4 aromatic rings. The van der Waals surface area contributed by atoms with Gasteiger partial charge in [0.15, 0.2) is 0 Å². The molecule has 0 radical (unpaired) electrons. The van der Waals surface area contributed by atoms with Gasteiger partial charge in [-0.25, -0.2) is 0 Å². The van der Waals surface area contributed by atoms with Gasteiger partial charge in [0.25, 0.3) is 0 Å². The summed E-state index contributed by atoms with van der Waals surface area (Å²) in [6.07, 6.45) is 49.8. The van der Waals surface area contributed by atoms with Gasteiger partial charge in [0.05, 0.1) is 0 Å². The molecule has 0 heteroatoms. The summed E-state index contributed by atoms with van der Waals surface area (Å²) >= 11 is 0. The average Bonchev–Trinajstić information content (AvgIpc) is 3.30. The molecule has 8 aliphatic carbocycles. The third-order valence-electron chi connectivity index (χ3n) is 14.4. The van der Waals surface area contributed by atoms with Crippen molar-refractivity contribution >= 4 is 40.1 Å². The Bertz CT molecular complexity index is 2840. The molecule has 0 fully saturated rings. The van der Waals surface area contributed by atoms with Crippen LogP contribution < -0.4 is 0 Å². The summed E-state index contributed by atoms with van der Waals surface area (Å²) in [5.74, 6) is 1.75. The summed E-state index contributed by atoms with van der Waals surface area (Å²) < 4.78 is 0. The molecule has 0 bridgehead atoms. The van der Waals surface area contributed by atoms with E-state index in [9.17, 15) is 0 Å². The van der Waals surface area contributed by atoms with E-state index in [1.807, 2.05) is 0 Å². The van der Waals surface area contributed by atoms with E-state index in [-0.39, 0.29) is 0 Å². The summed E-state index contributed by atoms with van der Waals surface area (Å²) in [6, 6.07) is 26.2. The van der Waals surface area contributed by atoms with Crippen molar-refractivity contribution in [2.45, 2.75) is 63.2 Å². The Morgan fingerprint density at radius 2 is 1.45 bits per heavy atom. The standard InChI is InChI=1S/C58H48/c1-4-12-40-29-43(20-17-37(40)9-1)44-21-22-46-31-47(24-23-45(46)30-44)48-27-28-53-55(50-26-19-39-11-3-6-14-42(39)33-50)35-57-52-16-8-7-15-51(52)54(36-58(57)56(53)34-48)49-25-18-38-10-2-5-13-41(38)32-49/h1,3,5-9,11,13-15,17-28,30,32,34-36,40,46,50,52H,2,4,10,12,16,29,31,33H2. The molecule has 0 nitrogen and oxygen atoms in total. The minimum absolute atomic E-state index is 0.335. The molecule has 280 valence electrons. The van der Waals surface area contributed by atoms with Gasteiger partial charge in [-0.2, -0.15) is 0 Å². The average molecular weight is 745 g/mol. The minimum atomic E-state index is 0.335. The van der Waals surface area contributed by atoms with Crippen LogP contribution in [-0.4, -0.2) is 0 Å². The van der Waals surface area contributed by atoms with Crippen LogP contribution in [0.15, 0.2) is 180 Å². The Morgan fingerprint density at radius 3 is 2.45 bits per heavy atom. The van der Waals surface area contributed by atoms with Crippen molar-refractivity contribution in [3.8, 4) is 0 Å². The van der Waals surface area contributed by atoms with Crippen molar-refractivity contribution in [2.24, 2.45) is 11.8 Å². The van der Waals surface area contributed by atoms with Crippen LogP contribution in [0, 0.1) is 11.8 Å². The fourth-order valence-corrected chi connectivity index (χ4v) is 11.3. The van der Waals surface area contributed by atoms with Crippen molar-refractivity contribution in [3.63, 3.8) is 0 Å². The zero-order chi connectivity index (χ0) is 38.2. The van der Waals surface area contributed by atoms with Gasteiger partial charge in [-0.05, 0) is 175 Å². The fraction of sp³-hybridized carbons (Fsp3) is 0.207. The summed E-state index contributed by atoms with van der Waals surface area (Å²) in [4.78, 5) is 0. The van der Waals surface area contributed by atoms with E-state index >= 15 is 0 Å². The Balaban J connectivity index is 0.979. The molecule has 0 saturated carbocycles. The highest BCUT2D eigenvalue weighted by molar-refractivity contribution is 6.05. The summed E-state index contributed by atoms with van der Waals surface area (Å²) in [5.41, 5.74) is 22.8. The van der Waals surface area contributed by atoms with Crippen molar-refractivity contribution < 1.29 is 0 Å². The maximum absolute atomic E-state index is 2.61. The number of benzene rings is 4. The first-order valence-electron chi connectivity index (χ1n) is 21.8. The van der Waals surface area contributed by atoms with Gasteiger partial charge in [0.2, 0.25) is 0 Å². The van der Waals surface area contributed by atoms with Gasteiger partial charge < -0.3 is 0 Å². The molecule has 0 heterocycles. The second-order valence-electron chi connectivity index (χ2n) is 17.7. The molecular weight excluding hydrogens is 697 g/mol. The summed E-state index contributed by atoms with van der Waals surface area (Å²) in [7, 11) is 0. The number of hydrogen-bond donors (Lipinski definition) is 0. The van der Waals surface area contributed by atoms with E-state index < -0.39 is 0 Å². The molecule has 58 heavy (non-hydrogen) atoms. The topological polar surface area (TPSA) is 0 Å². The first-order valence-corrected chi connectivity index (χ1v) is 21.8. The Labute approximate surface area is 343 Å². The van der Waals surface area contributed by atoms with E-state index in [0.29, 0.717) is 23.7 Å². The predicted octanol–water partition coefficient (Wildman–Crippen LogP) is 14.7. The van der Waals surface area contributed by atoms with Gasteiger partial charge in [-0.1, -0.05) is 152 Å². The lowest BCUT2D eigenvalue weighted by atomic mass is 9.70. The second kappa shape index (κ2) is 13.8. The highest BCUT2D eigenvalue weighted by Crippen LogP contribution is 2.51. The van der Waals surface area contributed by atoms with Crippen LogP contribution in [-0.2, 0) is 12.8 Å². The first-order chi connectivity index (χ1) is 28.7. The van der Waals surface area contributed by atoms with Crippen LogP contribution in [0.4, 0.5) is 0 Å². The minimum Gasteiger partial charge on any atom is -0.0842 e. The van der Waals surface area contributed by atoms with Crippen LogP contribution in [0.5, 0.6) is 0 Å². The highest BCUT2D eigenvalue weighted by Gasteiger charge is 2.32. The molecule has 0 saturated heterocycles. The molecule has 0 spiro atoms. The first kappa shape index (κ1) is 34.1. The van der Waals surface area contributed by atoms with Crippen molar-refractivity contribution in [1.82, 2.24) is 0 Å². The van der Waals surface area contributed by atoms with Crippen LogP contribution >= 0.6 is 0 Å². The zero-order valence-electron chi connectivity index (χ0n) is 33.1. The van der Waals surface area contributed by atoms with Gasteiger partial charge >= 0.3 is 0 Å². The molecule has 8 aliphatic rings. The van der Waals surface area contributed by atoms with Crippen molar-refractivity contribution in [2.75, 3.05) is 0 Å². The number of fused-ring (bicyclic) bond motifs is 9. The number of hydrogen-bond acceptors (Lipinski definition) is 0. The van der Waals surface area contributed by atoms with Gasteiger partial charge in [-0.15, -0.1) is 0 Å². The van der Waals surface area contributed by atoms with Gasteiger partial charge in [-0.3, -0.25) is 0 Å². The summed E-state index contributed by atoms with van der Waals surface area (Å²) in [5, 5.41) is 2.79. The van der Waals surface area contributed by atoms with Crippen LogP contribution in [0.3, 0.4) is 0 Å². The SMILES string of the molecule is C1=CCC2C(=C1)C(c1ccc3c(c1)C=CCC3)=Cc1c2cc(C2C=Cc3ccccc3C2)c2ccc(C3=CC=C4C=C(C5=CC=C6C=CCCC6C5)C=CC4C3)cc12. The van der Waals surface area contributed by atoms with E-state index in [1.165, 1.54) is 113 Å². The monoisotopic (exact) mass is 744 g/mol. The maximum Gasteiger partial charge on any atom is 0.0136 e. The quantitative estimate of drug-likeness (QED) is 0.195. The van der Waals surface area contributed by atoms with Gasteiger partial charge in [0, 0.05) is 17.8 Å². The van der Waals surface area contributed by atoms with E-state index in [0.717, 1.165) is 38.5 Å². The second-order valence-corrected chi connectivity index (χ2v) is 17.7. The largest absolute Gasteiger partial charge is 0.0842 e. The van der Waals surface area contributed by atoms with Gasteiger partial charge in [0.1, 0.15) is 0 Å². The molecule has 0 aliphatic heterocycles. The highest BCUT2D eigenvalue weighted by atomic mass is 14.4. The molecule has 0 amide bonds. The lowest BCUT2D eigenvalue weighted by Crippen LogP contribution is -2.15. The molecule has 4 aromatic carbocycles. The Hall–Kier alpha value is -5.98. The maximum atomic E-state index is 2.61. The summed E-state index contributed by atoms with van der Waals surface area (Å²) in [6.45, 7) is 0. The lowest BCUT2D eigenvalue weighted by Gasteiger charge is -2.33. The van der Waals surface area contributed by atoms with E-state index in [4.69, 9.17) is 0 Å². The molecule has 12 rings (SSSR count). The third-order valence-corrected chi connectivity index (χ3v) is 14.4. The van der Waals surface area contributed by atoms with Crippen LogP contribution in [0.2, 0.25) is 0 Å². The number of aryl methyl sites for hydroxylation is 1. The molecule has 4 unspecified atom stereocenters. The van der Waals surface area contributed by atoms with Crippen LogP contribution in [0.25, 0.3) is 40.1 Å². The van der Waals surface area contributed by atoms with E-state index in [1.54, 1.807) is 0 Å².